The van der Waals surface area contributed by atoms with Gasteiger partial charge in [0.2, 0.25) is 0 Å². The summed E-state index contributed by atoms with van der Waals surface area (Å²) in [6.45, 7) is 8.24. The van der Waals surface area contributed by atoms with E-state index in [1.807, 2.05) is 0 Å². The first-order valence-corrected chi connectivity index (χ1v) is 25.8. The average molecular weight is 1190 g/mol. The van der Waals surface area contributed by atoms with Crippen molar-refractivity contribution >= 4 is 168 Å². The number of halogens is 9. The lowest BCUT2D eigenvalue weighted by atomic mass is 10.1. The molecular formula is C52H37Cl4F5O10S4. The first-order chi connectivity index (χ1) is 35.2. The van der Waals surface area contributed by atoms with Crippen molar-refractivity contribution in [1.82, 2.24) is 0 Å². The number of esters is 2. The molecule has 9 rings (SSSR count). The topological polar surface area (TPSA) is 164 Å². The molecule has 0 radical (unpaired) electrons. The van der Waals surface area contributed by atoms with Crippen LogP contribution in [-0.4, -0.2) is 59.4 Å². The van der Waals surface area contributed by atoms with Crippen molar-refractivity contribution in [2.24, 2.45) is 0 Å². The molecule has 0 aliphatic carbocycles. The molecule has 0 fully saturated rings. The molecule has 0 aliphatic rings. The van der Waals surface area contributed by atoms with Gasteiger partial charge in [-0.3, -0.25) is 0 Å². The number of aliphatic carboxylic acids is 1. The van der Waals surface area contributed by atoms with Crippen LogP contribution in [0.3, 0.4) is 0 Å². The Morgan fingerprint density at radius 1 is 0.467 bits per heavy atom. The van der Waals surface area contributed by atoms with E-state index < -0.39 is 35.7 Å². The van der Waals surface area contributed by atoms with Gasteiger partial charge in [-0.25, -0.2) is 45.9 Å². The predicted octanol–water partition coefficient (Wildman–Crippen LogP) is 17.2. The summed E-state index contributed by atoms with van der Waals surface area (Å²) < 4.78 is 78.2. The van der Waals surface area contributed by atoms with Gasteiger partial charge < -0.3 is 24.8 Å². The maximum Gasteiger partial charge on any atom is 0.349 e. The fraction of sp³-hybridized carbons (Fsp3) is 0.135. The van der Waals surface area contributed by atoms with Crippen LogP contribution in [0.4, 0.5) is 22.0 Å². The van der Waals surface area contributed by atoms with Gasteiger partial charge >= 0.3 is 29.8 Å². The fourth-order valence-corrected chi connectivity index (χ4v) is 12.2. The zero-order valence-corrected chi connectivity index (χ0v) is 46.0. The number of carboxylic acids is 3. The number of hydrogen-bond acceptors (Lipinski definition) is 11. The molecule has 3 N–H and O–H groups in total. The number of rotatable bonds is 6. The van der Waals surface area contributed by atoms with Crippen molar-refractivity contribution < 1.29 is 70.7 Å². The van der Waals surface area contributed by atoms with E-state index in [0.29, 0.717) is 73.9 Å². The van der Waals surface area contributed by atoms with Gasteiger partial charge in [-0.15, -0.1) is 45.3 Å². The normalized spacial score (nSPS) is 10.8. The van der Waals surface area contributed by atoms with Crippen molar-refractivity contribution in [2.45, 2.75) is 34.6 Å². The lowest BCUT2D eigenvalue weighted by Gasteiger charge is -1.96. The number of benzene rings is 5. The summed E-state index contributed by atoms with van der Waals surface area (Å²) in [5.41, 5.74) is 3.12. The largest absolute Gasteiger partial charge is 0.478 e. The smallest absolute Gasteiger partial charge is 0.349 e. The Hall–Kier alpha value is -6.16. The Morgan fingerprint density at radius 2 is 0.827 bits per heavy atom. The highest BCUT2D eigenvalue weighted by Gasteiger charge is 2.22. The van der Waals surface area contributed by atoms with E-state index in [9.17, 15) is 45.9 Å². The molecule has 392 valence electrons. The monoisotopic (exact) mass is 1180 g/mol. The van der Waals surface area contributed by atoms with Gasteiger partial charge in [-0.05, 0) is 104 Å². The number of methoxy groups -OCH3 is 2. The van der Waals surface area contributed by atoms with E-state index in [1.165, 1.54) is 49.8 Å². The molecule has 23 heteroatoms. The van der Waals surface area contributed by atoms with Crippen LogP contribution in [0.1, 0.15) is 72.1 Å². The highest BCUT2D eigenvalue weighted by Crippen LogP contribution is 2.41. The minimum absolute atomic E-state index is 0.0174. The Balaban J connectivity index is 0.000000174. The summed E-state index contributed by atoms with van der Waals surface area (Å²) in [6.07, 6.45) is 2.33. The molecule has 10 nitrogen and oxygen atoms in total. The van der Waals surface area contributed by atoms with Gasteiger partial charge in [0.05, 0.1) is 43.7 Å². The lowest BCUT2D eigenvalue weighted by molar-refractivity contribution is -0.131. The molecular weight excluding hydrogens is 1150 g/mol. The Labute approximate surface area is 459 Å². The summed E-state index contributed by atoms with van der Waals surface area (Å²) in [4.78, 5) is 55.1. The highest BCUT2D eigenvalue weighted by molar-refractivity contribution is 7.22. The van der Waals surface area contributed by atoms with Crippen LogP contribution >= 0.6 is 91.8 Å². The Morgan fingerprint density at radius 3 is 1.25 bits per heavy atom. The molecule has 0 spiro atoms. The van der Waals surface area contributed by atoms with E-state index in [4.69, 9.17) is 61.7 Å². The summed E-state index contributed by atoms with van der Waals surface area (Å²) in [7, 11) is 2.56. The second-order valence-corrected chi connectivity index (χ2v) is 21.3. The standard InChI is InChI=1S/2C11H8ClFO2S.2C10H6ClFO2S.C10H9FO2/c1-5-3-8-6(4-7(5)13)9(12)10(16-8)11(14)15-2;1-5-3-4-6-7(12)10(11(14)15-2)16-9(6)8(5)13;1-4-2-7-5(3-6(4)12)8(11)9(15-7)10(13)14;1-4-2-3-5-6(11)9(10(13)14)15-8(5)7(4)12;1-7-2-3-8(6-9(7)11)4-5-10(12)13/h2*3-4H,1-2H3;2*2-3H,1H3,(H,13,14);2-6H,1H3,(H,12,13)/b;;;;5-4+. The summed E-state index contributed by atoms with van der Waals surface area (Å²) in [6, 6.07) is 17.0. The third-order valence-corrected chi connectivity index (χ3v) is 17.1. The second-order valence-electron chi connectivity index (χ2n) is 15.6. The molecule has 0 saturated carbocycles. The van der Waals surface area contributed by atoms with Crippen molar-refractivity contribution in [3.8, 4) is 0 Å². The average Bonchev–Trinajstić information content (AvgIpc) is 4.09. The molecule has 0 aliphatic heterocycles. The molecule has 0 bridgehead atoms. The van der Waals surface area contributed by atoms with Crippen LogP contribution < -0.4 is 0 Å². The van der Waals surface area contributed by atoms with Crippen LogP contribution in [0.2, 0.25) is 20.1 Å². The van der Waals surface area contributed by atoms with Crippen molar-refractivity contribution in [3.63, 3.8) is 0 Å². The molecule has 9 aromatic rings. The first-order valence-electron chi connectivity index (χ1n) is 21.0. The summed E-state index contributed by atoms with van der Waals surface area (Å²) >= 11 is 27.8. The number of hydrogen-bond donors (Lipinski definition) is 3. The summed E-state index contributed by atoms with van der Waals surface area (Å²) in [5, 5.41) is 28.7. The number of aryl methyl sites for hydroxylation is 5. The van der Waals surface area contributed by atoms with E-state index in [0.717, 1.165) is 44.8 Å². The van der Waals surface area contributed by atoms with E-state index in [2.05, 4.69) is 9.47 Å². The van der Waals surface area contributed by atoms with Crippen molar-refractivity contribution in [2.75, 3.05) is 14.2 Å². The van der Waals surface area contributed by atoms with Gasteiger partial charge in [-0.2, -0.15) is 0 Å². The molecule has 5 aromatic carbocycles. The number of fused-ring (bicyclic) bond motifs is 4. The lowest BCUT2D eigenvalue weighted by Crippen LogP contribution is -1.97. The predicted molar refractivity (Wildman–Crippen MR) is 291 cm³/mol. The molecule has 0 unspecified atom stereocenters. The number of carboxylic acid groups (broad SMARTS) is 3. The Bertz CT molecular complexity index is 3740. The third-order valence-electron chi connectivity index (χ3n) is 10.4. The van der Waals surface area contributed by atoms with Gasteiger partial charge in [0.1, 0.15) is 48.6 Å². The van der Waals surface area contributed by atoms with Crippen molar-refractivity contribution in [3.05, 3.63) is 175 Å². The molecule has 0 amide bonds. The quantitative estimate of drug-likeness (QED) is 0.0829. The van der Waals surface area contributed by atoms with E-state index in [-0.39, 0.29) is 58.0 Å². The molecule has 4 aromatic heterocycles. The highest BCUT2D eigenvalue weighted by atomic mass is 35.5. The number of carbonyl (C=O) groups excluding carboxylic acids is 2. The number of thiophene rings is 4. The van der Waals surface area contributed by atoms with E-state index >= 15 is 0 Å². The van der Waals surface area contributed by atoms with Gasteiger partial charge in [0, 0.05) is 37.0 Å². The number of carbonyl (C=O) groups is 5. The molecule has 0 atom stereocenters. The third kappa shape index (κ3) is 13.8. The van der Waals surface area contributed by atoms with Crippen molar-refractivity contribution in [1.29, 1.82) is 0 Å². The van der Waals surface area contributed by atoms with Crippen LogP contribution in [0, 0.1) is 63.7 Å². The molecule has 75 heavy (non-hydrogen) atoms. The van der Waals surface area contributed by atoms with Crippen LogP contribution in [-0.2, 0) is 14.3 Å². The minimum Gasteiger partial charge on any atom is -0.478 e. The minimum atomic E-state index is -1.13. The fourth-order valence-electron chi connectivity index (χ4n) is 6.37. The van der Waals surface area contributed by atoms with Crippen LogP contribution in [0.25, 0.3) is 46.4 Å². The zero-order chi connectivity index (χ0) is 55.9. The van der Waals surface area contributed by atoms with Gasteiger partial charge in [0.15, 0.2) is 0 Å². The number of ether oxygens (including phenoxy) is 2. The second kappa shape index (κ2) is 25.6. The van der Waals surface area contributed by atoms with Crippen LogP contribution in [0.15, 0.2) is 72.8 Å². The zero-order valence-electron chi connectivity index (χ0n) is 39.7. The maximum absolute atomic E-state index is 13.8. The number of aromatic carboxylic acids is 2. The molecule has 0 saturated heterocycles. The van der Waals surface area contributed by atoms with Gasteiger partial charge in [0.25, 0.3) is 0 Å². The Kier molecular flexibility index (Phi) is 20.4. The first kappa shape index (κ1) is 59.7. The SMILES string of the molecule is COC(=O)c1sc2c(F)c(C)ccc2c1Cl.COC(=O)c1sc2cc(C)c(F)cc2c1Cl.Cc1cc2sc(C(=O)O)c(Cl)c2cc1F.Cc1ccc(/C=C/C(=O)O)cc1F.Cc1ccc2c(Cl)c(C(=O)O)sc2c1F. The molecule has 4 heterocycles. The summed E-state index contributed by atoms with van der Waals surface area (Å²) in [5.74, 6) is -6.05. The van der Waals surface area contributed by atoms with Gasteiger partial charge in [-0.1, -0.05) is 82.8 Å². The van der Waals surface area contributed by atoms with Crippen LogP contribution in [0.5, 0.6) is 0 Å². The van der Waals surface area contributed by atoms with E-state index in [1.54, 1.807) is 83.1 Å². The maximum atomic E-state index is 13.8.